The molecule has 1 aromatic carbocycles. The number of methoxy groups -OCH3 is 1. The molecule has 2 rings (SSSR count). The molecule has 9 heteroatoms. The van der Waals surface area contributed by atoms with Crippen molar-refractivity contribution >= 4 is 33.5 Å². The molecule has 7 nitrogen and oxygen atoms in total. The zero-order valence-corrected chi connectivity index (χ0v) is 15.9. The van der Waals surface area contributed by atoms with Gasteiger partial charge in [0.05, 0.1) is 22.6 Å². The van der Waals surface area contributed by atoms with E-state index in [9.17, 15) is 18.0 Å². The molecular formula is C16H21ClN2O5S. The van der Waals surface area contributed by atoms with Crippen LogP contribution < -0.4 is 0 Å². The highest BCUT2D eigenvalue weighted by Gasteiger charge is 2.34. The molecule has 1 aliphatic rings. The number of halogens is 1. The second-order valence-corrected chi connectivity index (χ2v) is 8.52. The Morgan fingerprint density at radius 2 is 1.96 bits per heavy atom. The van der Waals surface area contributed by atoms with E-state index in [0.29, 0.717) is 13.0 Å². The molecule has 1 aliphatic heterocycles. The van der Waals surface area contributed by atoms with Gasteiger partial charge in [0.15, 0.2) is 0 Å². The Morgan fingerprint density at radius 1 is 1.28 bits per heavy atom. The Labute approximate surface area is 152 Å². The molecular weight excluding hydrogens is 368 g/mol. The van der Waals surface area contributed by atoms with Crippen molar-refractivity contribution in [3.63, 3.8) is 0 Å². The van der Waals surface area contributed by atoms with Gasteiger partial charge in [-0.05, 0) is 37.5 Å². The molecule has 1 aromatic rings. The van der Waals surface area contributed by atoms with Crippen LogP contribution in [0, 0.1) is 0 Å². The van der Waals surface area contributed by atoms with Crippen molar-refractivity contribution in [1.29, 1.82) is 0 Å². The monoisotopic (exact) mass is 388 g/mol. The van der Waals surface area contributed by atoms with Crippen LogP contribution in [0.3, 0.4) is 0 Å². The summed E-state index contributed by atoms with van der Waals surface area (Å²) in [6.07, 6.45) is 2.07. The number of piperidine rings is 1. The molecule has 0 bridgehead atoms. The zero-order chi connectivity index (χ0) is 18.8. The molecule has 0 spiro atoms. The summed E-state index contributed by atoms with van der Waals surface area (Å²) in [6, 6.07) is 3.30. The highest BCUT2D eigenvalue weighted by atomic mass is 35.5. The summed E-state index contributed by atoms with van der Waals surface area (Å²) in [5, 5.41) is 0.136. The molecule has 1 atom stereocenters. The summed E-state index contributed by atoms with van der Waals surface area (Å²) in [5.74, 6) is -0.961. The summed E-state index contributed by atoms with van der Waals surface area (Å²) in [5.41, 5.74) is 0.0559. The van der Waals surface area contributed by atoms with E-state index in [4.69, 9.17) is 16.3 Å². The van der Waals surface area contributed by atoms with Gasteiger partial charge in [0.2, 0.25) is 10.0 Å². The van der Waals surface area contributed by atoms with Crippen LogP contribution in [-0.4, -0.2) is 63.3 Å². The molecule has 0 unspecified atom stereocenters. The molecule has 0 radical (unpaired) electrons. The lowest BCUT2D eigenvalue weighted by Crippen LogP contribution is -2.48. The minimum absolute atomic E-state index is 0.0307. The fourth-order valence-electron chi connectivity index (χ4n) is 2.75. The first kappa shape index (κ1) is 19.7. The van der Waals surface area contributed by atoms with Crippen molar-refractivity contribution in [1.82, 2.24) is 9.21 Å². The highest BCUT2D eigenvalue weighted by Crippen LogP contribution is 2.27. The van der Waals surface area contributed by atoms with Gasteiger partial charge in [-0.2, -0.15) is 0 Å². The molecule has 1 fully saturated rings. The number of hydrogen-bond acceptors (Lipinski definition) is 5. The highest BCUT2D eigenvalue weighted by molar-refractivity contribution is 7.89. The van der Waals surface area contributed by atoms with Crippen molar-refractivity contribution in [3.05, 3.63) is 28.8 Å². The third-order valence-electron chi connectivity index (χ3n) is 4.18. The van der Waals surface area contributed by atoms with Crippen molar-refractivity contribution in [2.45, 2.75) is 30.2 Å². The van der Waals surface area contributed by atoms with E-state index in [-0.39, 0.29) is 15.5 Å². The van der Waals surface area contributed by atoms with Crippen LogP contribution in [0.15, 0.2) is 23.1 Å². The summed E-state index contributed by atoms with van der Waals surface area (Å²) in [7, 11) is 0.384. The number of benzene rings is 1. The molecule has 0 aliphatic carbocycles. The number of carbonyl (C=O) groups is 2. The fraction of sp³-hybridized carbons (Fsp3) is 0.500. The van der Waals surface area contributed by atoms with Crippen molar-refractivity contribution in [3.8, 4) is 0 Å². The average Bonchev–Trinajstić information content (AvgIpc) is 2.60. The van der Waals surface area contributed by atoms with Gasteiger partial charge in [-0.15, -0.1) is 0 Å². The number of esters is 1. The van der Waals surface area contributed by atoms with Gasteiger partial charge in [0, 0.05) is 20.6 Å². The Balaban J connectivity index is 2.43. The lowest BCUT2D eigenvalue weighted by atomic mass is 10.0. The van der Waals surface area contributed by atoms with Crippen LogP contribution in [-0.2, 0) is 19.6 Å². The van der Waals surface area contributed by atoms with E-state index >= 15 is 0 Å². The minimum Gasteiger partial charge on any atom is -0.467 e. The van der Waals surface area contributed by atoms with E-state index in [1.807, 2.05) is 0 Å². The quantitative estimate of drug-likeness (QED) is 0.734. The van der Waals surface area contributed by atoms with Crippen LogP contribution in [0.4, 0.5) is 0 Å². The van der Waals surface area contributed by atoms with Crippen LogP contribution in [0.1, 0.15) is 29.6 Å². The number of sulfonamides is 1. The van der Waals surface area contributed by atoms with Gasteiger partial charge in [0.1, 0.15) is 6.04 Å². The Bertz CT molecular complexity index is 779. The van der Waals surface area contributed by atoms with Gasteiger partial charge in [-0.1, -0.05) is 11.6 Å². The van der Waals surface area contributed by atoms with Crippen LogP contribution in [0.25, 0.3) is 0 Å². The molecule has 1 saturated heterocycles. The predicted octanol–water partition coefficient (Wildman–Crippen LogP) is 1.76. The summed E-state index contributed by atoms with van der Waals surface area (Å²) in [6.45, 7) is 0.388. The fourth-order valence-corrected chi connectivity index (χ4v) is 3.88. The third kappa shape index (κ3) is 3.96. The number of nitrogens with zero attached hydrogens (tertiary/aromatic N) is 2. The Hall–Kier alpha value is -1.64. The predicted molar refractivity (Wildman–Crippen MR) is 93.0 cm³/mol. The first-order valence-corrected chi connectivity index (χ1v) is 9.63. The lowest BCUT2D eigenvalue weighted by Gasteiger charge is -2.34. The number of ether oxygens (including phenoxy) is 1. The SMILES string of the molecule is COC(=O)[C@H]1CCCCN1C(=O)c1cc(S(=O)(=O)N(C)C)ccc1Cl. The lowest BCUT2D eigenvalue weighted by molar-refractivity contribution is -0.147. The van der Waals surface area contributed by atoms with Gasteiger partial charge in [0.25, 0.3) is 5.91 Å². The number of likely N-dealkylation sites (tertiary alicyclic amines) is 1. The molecule has 138 valence electrons. The second-order valence-electron chi connectivity index (χ2n) is 5.96. The maximum Gasteiger partial charge on any atom is 0.328 e. The molecule has 1 heterocycles. The van der Waals surface area contributed by atoms with Crippen LogP contribution in [0.2, 0.25) is 5.02 Å². The summed E-state index contributed by atoms with van der Waals surface area (Å²) >= 11 is 6.13. The van der Waals surface area contributed by atoms with E-state index in [0.717, 1.165) is 17.1 Å². The van der Waals surface area contributed by atoms with Gasteiger partial charge in [-0.25, -0.2) is 17.5 Å². The van der Waals surface area contributed by atoms with Gasteiger partial charge in [-0.3, -0.25) is 4.79 Å². The average molecular weight is 389 g/mol. The first-order chi connectivity index (χ1) is 11.7. The van der Waals surface area contributed by atoms with Crippen LogP contribution in [0.5, 0.6) is 0 Å². The van der Waals surface area contributed by atoms with E-state index in [1.54, 1.807) is 0 Å². The number of carbonyl (C=O) groups excluding carboxylic acids is 2. The van der Waals surface area contributed by atoms with Gasteiger partial charge < -0.3 is 9.64 Å². The molecule has 1 amide bonds. The smallest absolute Gasteiger partial charge is 0.328 e. The van der Waals surface area contributed by atoms with Gasteiger partial charge >= 0.3 is 5.97 Å². The standard InChI is InChI=1S/C16H21ClN2O5S/c1-18(2)25(22,23)11-7-8-13(17)12(10-11)15(20)19-9-5-4-6-14(19)16(21)24-3/h7-8,10,14H,4-6,9H2,1-3H3/t14-/m1/s1. The zero-order valence-electron chi connectivity index (χ0n) is 14.4. The van der Waals surface area contributed by atoms with Crippen molar-refractivity contribution < 1.29 is 22.7 Å². The maximum atomic E-state index is 12.9. The molecule has 0 N–H and O–H groups in total. The number of rotatable bonds is 4. The first-order valence-electron chi connectivity index (χ1n) is 7.81. The Kier molecular flexibility index (Phi) is 6.08. The van der Waals surface area contributed by atoms with Crippen molar-refractivity contribution in [2.75, 3.05) is 27.7 Å². The third-order valence-corrected chi connectivity index (χ3v) is 6.32. The van der Waals surface area contributed by atoms with E-state index < -0.39 is 27.9 Å². The summed E-state index contributed by atoms with van der Waals surface area (Å²) < 4.78 is 30.4. The largest absolute Gasteiger partial charge is 0.467 e. The van der Waals surface area contributed by atoms with E-state index in [1.165, 1.54) is 44.3 Å². The maximum absolute atomic E-state index is 12.9. The minimum atomic E-state index is -3.70. The summed E-state index contributed by atoms with van der Waals surface area (Å²) in [4.78, 5) is 26.3. The normalized spacial score (nSPS) is 18.3. The molecule has 0 aromatic heterocycles. The Morgan fingerprint density at radius 3 is 2.56 bits per heavy atom. The molecule has 0 saturated carbocycles. The number of hydrogen-bond donors (Lipinski definition) is 0. The van der Waals surface area contributed by atoms with E-state index in [2.05, 4.69) is 0 Å². The molecule has 25 heavy (non-hydrogen) atoms. The second kappa shape index (κ2) is 7.72. The van der Waals surface area contributed by atoms with Crippen LogP contribution >= 0.6 is 11.6 Å². The van der Waals surface area contributed by atoms with Crippen molar-refractivity contribution in [2.24, 2.45) is 0 Å². The topological polar surface area (TPSA) is 84.0 Å². The number of amides is 1.